The van der Waals surface area contributed by atoms with Crippen molar-refractivity contribution in [2.75, 3.05) is 19.4 Å². The van der Waals surface area contributed by atoms with Crippen LogP contribution in [0, 0.1) is 5.82 Å². The third kappa shape index (κ3) is 6.63. The summed E-state index contributed by atoms with van der Waals surface area (Å²) in [7, 11) is 1.24. The average Bonchev–Trinajstić information content (AvgIpc) is 3.22. The van der Waals surface area contributed by atoms with Crippen molar-refractivity contribution in [2.24, 2.45) is 0 Å². The summed E-state index contributed by atoms with van der Waals surface area (Å²) in [6, 6.07) is 4.76. The van der Waals surface area contributed by atoms with Crippen LogP contribution in [0.4, 0.5) is 15.0 Å². The van der Waals surface area contributed by atoms with Gasteiger partial charge in [0.15, 0.2) is 6.04 Å². The number of halogens is 1. The number of benzene rings is 1. The van der Waals surface area contributed by atoms with E-state index in [-0.39, 0.29) is 17.9 Å². The Balaban J connectivity index is 1.94. The molecule has 0 fully saturated rings. The molecule has 1 atom stereocenters. The van der Waals surface area contributed by atoms with E-state index in [1.54, 1.807) is 59.8 Å². The van der Waals surface area contributed by atoms with Gasteiger partial charge in [-0.15, -0.1) is 0 Å². The Hall–Kier alpha value is -3.95. The summed E-state index contributed by atoms with van der Waals surface area (Å²) in [4.78, 5) is 43.0. The number of nitrogens with two attached hydrogens (primary N) is 1. The molecule has 2 heterocycles. The molecule has 0 bridgehead atoms. The highest BCUT2D eigenvalue weighted by Crippen LogP contribution is 2.33. The van der Waals surface area contributed by atoms with Crippen molar-refractivity contribution in [3.8, 4) is 11.1 Å². The lowest BCUT2D eigenvalue weighted by Gasteiger charge is -2.27. The van der Waals surface area contributed by atoms with E-state index in [4.69, 9.17) is 19.9 Å². The Morgan fingerprint density at radius 2 is 1.68 bits per heavy atom. The quantitative estimate of drug-likeness (QED) is 0.465. The number of carbonyl (C=O) groups is 3. The number of aromatic nitrogens is 1. The number of nitrogens with zero attached hydrogens (tertiary/aromatic N) is 2. The van der Waals surface area contributed by atoms with Crippen molar-refractivity contribution in [3.63, 3.8) is 0 Å². The molecule has 10 heteroatoms. The first kappa shape index (κ1) is 27.6. The summed E-state index contributed by atoms with van der Waals surface area (Å²) in [5, 5.41) is 0. The molecule has 0 saturated heterocycles. The van der Waals surface area contributed by atoms with Crippen LogP contribution in [0.2, 0.25) is 0 Å². The van der Waals surface area contributed by atoms with Gasteiger partial charge in [0.25, 0.3) is 0 Å². The van der Waals surface area contributed by atoms with E-state index in [1.807, 2.05) is 0 Å². The molecule has 0 spiro atoms. The average molecular weight is 514 g/mol. The highest BCUT2D eigenvalue weighted by molar-refractivity contribution is 5.92. The predicted molar refractivity (Wildman–Crippen MR) is 136 cm³/mol. The Labute approximate surface area is 215 Å². The van der Waals surface area contributed by atoms with Gasteiger partial charge in [-0.1, -0.05) is 6.07 Å². The van der Waals surface area contributed by atoms with Gasteiger partial charge in [0.1, 0.15) is 22.8 Å². The molecule has 37 heavy (non-hydrogen) atoms. The van der Waals surface area contributed by atoms with Gasteiger partial charge in [0, 0.05) is 11.8 Å². The fraction of sp³-hybridized carbons (Fsp3) is 0.407. The molecule has 0 unspecified atom stereocenters. The minimum atomic E-state index is -0.985. The summed E-state index contributed by atoms with van der Waals surface area (Å²) < 4.78 is 30.4. The number of nitrogen functional groups attached to an aromatic ring is 1. The number of amides is 1. The number of anilines is 1. The molecule has 0 aliphatic carbocycles. The second-order valence-corrected chi connectivity index (χ2v) is 10.6. The van der Waals surface area contributed by atoms with E-state index in [0.717, 1.165) is 0 Å². The lowest BCUT2D eigenvalue weighted by molar-refractivity contribution is -0.144. The van der Waals surface area contributed by atoms with Crippen LogP contribution < -0.4 is 5.73 Å². The number of esters is 2. The van der Waals surface area contributed by atoms with Gasteiger partial charge >= 0.3 is 18.0 Å². The molecular formula is C27H32FN3O6. The van der Waals surface area contributed by atoms with Crippen molar-refractivity contribution in [1.29, 1.82) is 0 Å². The molecule has 1 aliphatic rings. The number of rotatable bonds is 4. The maximum Gasteiger partial charge on any atom is 0.411 e. The van der Waals surface area contributed by atoms with E-state index in [1.165, 1.54) is 30.3 Å². The van der Waals surface area contributed by atoms with Crippen molar-refractivity contribution in [1.82, 2.24) is 9.88 Å². The van der Waals surface area contributed by atoms with E-state index in [9.17, 15) is 18.8 Å². The maximum absolute atomic E-state index is 14.9. The van der Waals surface area contributed by atoms with E-state index in [0.29, 0.717) is 22.3 Å². The molecule has 0 radical (unpaired) electrons. The van der Waals surface area contributed by atoms with Gasteiger partial charge in [-0.05, 0) is 82.5 Å². The zero-order chi connectivity index (χ0) is 27.7. The van der Waals surface area contributed by atoms with Crippen LogP contribution >= 0.6 is 0 Å². The van der Waals surface area contributed by atoms with Gasteiger partial charge in [0.05, 0.1) is 19.2 Å². The first-order valence-electron chi connectivity index (χ1n) is 11.7. The highest BCUT2D eigenvalue weighted by atomic mass is 19.1. The van der Waals surface area contributed by atoms with Gasteiger partial charge in [-0.3, -0.25) is 4.90 Å². The maximum atomic E-state index is 14.9. The highest BCUT2D eigenvalue weighted by Gasteiger charge is 2.37. The number of methoxy groups -OCH3 is 1. The van der Waals surface area contributed by atoms with Crippen LogP contribution in [0.1, 0.15) is 57.5 Å². The topological polar surface area (TPSA) is 121 Å². The predicted octanol–water partition coefficient (Wildman–Crippen LogP) is 4.60. The van der Waals surface area contributed by atoms with Gasteiger partial charge in [-0.2, -0.15) is 0 Å². The molecule has 1 amide bonds. The first-order chi connectivity index (χ1) is 17.1. The summed E-state index contributed by atoms with van der Waals surface area (Å²) in [5.74, 6) is -2.02. The molecule has 0 saturated carbocycles. The van der Waals surface area contributed by atoms with Crippen LogP contribution in [0.25, 0.3) is 16.7 Å². The van der Waals surface area contributed by atoms with E-state index >= 15 is 0 Å². The van der Waals surface area contributed by atoms with Crippen LogP contribution in [-0.2, 0) is 19.0 Å². The number of pyridine rings is 1. The summed E-state index contributed by atoms with van der Waals surface area (Å²) in [5.41, 5.74) is 6.35. The standard InChI is InChI=1S/C27H32FN3O6/c1-26(2,3)36-23(32)18-9-8-15(11-20(18)28)19-10-16(13-30-22(19)29)17-12-21(24(33)35-7)31(14-17)25(34)37-27(4,5)6/h8-13,21H,14H2,1-7H3,(H2,29,30)/t21-/m0/s1. The van der Waals surface area contributed by atoms with Gasteiger partial charge in [0.2, 0.25) is 0 Å². The molecule has 198 valence electrons. The molecule has 1 aromatic heterocycles. The molecule has 2 N–H and O–H groups in total. The molecular weight excluding hydrogens is 481 g/mol. The molecule has 1 aliphatic heterocycles. The number of carbonyl (C=O) groups excluding carboxylic acids is 3. The molecule has 3 rings (SSSR count). The van der Waals surface area contributed by atoms with E-state index < -0.39 is 41.1 Å². The SMILES string of the molecule is COC(=O)[C@@H]1C=C(c2cnc(N)c(-c3ccc(C(=O)OC(C)(C)C)c(F)c3)c2)CN1C(=O)OC(C)(C)C. The monoisotopic (exact) mass is 513 g/mol. The summed E-state index contributed by atoms with van der Waals surface area (Å²) in [6.45, 7) is 10.3. The lowest BCUT2D eigenvalue weighted by Crippen LogP contribution is -2.44. The van der Waals surface area contributed by atoms with Crippen molar-refractivity contribution >= 4 is 29.4 Å². The Bertz CT molecular complexity index is 1260. The minimum Gasteiger partial charge on any atom is -0.467 e. The third-order valence-electron chi connectivity index (χ3n) is 5.29. The number of hydrogen-bond acceptors (Lipinski definition) is 8. The molecule has 9 nitrogen and oxygen atoms in total. The van der Waals surface area contributed by atoms with Crippen LogP contribution in [0.5, 0.6) is 0 Å². The summed E-state index contributed by atoms with van der Waals surface area (Å²) in [6.07, 6.45) is 2.43. The summed E-state index contributed by atoms with van der Waals surface area (Å²) >= 11 is 0. The number of ether oxygens (including phenoxy) is 3. The van der Waals surface area contributed by atoms with Crippen LogP contribution in [0.15, 0.2) is 36.5 Å². The number of hydrogen-bond donors (Lipinski definition) is 1. The van der Waals surface area contributed by atoms with E-state index in [2.05, 4.69) is 4.98 Å². The Morgan fingerprint density at radius 1 is 1.03 bits per heavy atom. The van der Waals surface area contributed by atoms with Crippen molar-refractivity contribution < 1.29 is 33.0 Å². The lowest BCUT2D eigenvalue weighted by atomic mass is 10.00. The van der Waals surface area contributed by atoms with Crippen LogP contribution in [0.3, 0.4) is 0 Å². The van der Waals surface area contributed by atoms with Crippen molar-refractivity contribution in [3.05, 3.63) is 53.5 Å². The third-order valence-corrected chi connectivity index (χ3v) is 5.29. The Kier molecular flexibility index (Phi) is 7.62. The normalized spacial score (nSPS) is 15.7. The van der Waals surface area contributed by atoms with Crippen molar-refractivity contribution in [2.45, 2.75) is 58.8 Å². The molecule has 2 aromatic rings. The van der Waals surface area contributed by atoms with Gasteiger partial charge < -0.3 is 19.9 Å². The van der Waals surface area contributed by atoms with Crippen LogP contribution in [-0.4, -0.2) is 58.8 Å². The minimum absolute atomic E-state index is 0.0612. The second kappa shape index (κ2) is 10.2. The Morgan fingerprint density at radius 3 is 2.24 bits per heavy atom. The molecule has 1 aromatic carbocycles. The zero-order valence-electron chi connectivity index (χ0n) is 22.0. The fourth-order valence-electron chi connectivity index (χ4n) is 3.68. The largest absolute Gasteiger partial charge is 0.467 e. The zero-order valence-corrected chi connectivity index (χ0v) is 22.0. The first-order valence-corrected chi connectivity index (χ1v) is 11.7. The van der Waals surface area contributed by atoms with Gasteiger partial charge in [-0.25, -0.2) is 23.8 Å². The smallest absolute Gasteiger partial charge is 0.411 e. The second-order valence-electron chi connectivity index (χ2n) is 10.6. The fourth-order valence-corrected chi connectivity index (χ4v) is 3.68.